The number of thiophene rings is 1. The van der Waals surface area contributed by atoms with E-state index >= 15 is 0 Å². The molecule has 400 valence electrons. The first kappa shape index (κ1) is 59.0. The summed E-state index contributed by atoms with van der Waals surface area (Å²) in [6.45, 7) is 26.6. The van der Waals surface area contributed by atoms with Crippen LogP contribution in [-0.2, 0) is 36.7 Å². The number of aromatic nitrogens is 1. The normalized spacial score (nSPS) is 11.2. The van der Waals surface area contributed by atoms with E-state index in [1.807, 2.05) is 96.1 Å². The highest BCUT2D eigenvalue weighted by molar-refractivity contribution is 7.13. The van der Waals surface area contributed by atoms with Gasteiger partial charge in [-0.15, -0.1) is 11.3 Å². The van der Waals surface area contributed by atoms with Crippen LogP contribution in [0.3, 0.4) is 0 Å². The lowest BCUT2D eigenvalue weighted by atomic mass is 9.95. The fraction of sp³-hybridized carbons (Fsp3) is 0.450. The lowest BCUT2D eigenvalue weighted by Crippen LogP contribution is -2.28. The van der Waals surface area contributed by atoms with Crippen molar-refractivity contribution in [1.82, 2.24) is 20.1 Å². The van der Waals surface area contributed by atoms with Crippen LogP contribution in [0.15, 0.2) is 94.7 Å². The van der Waals surface area contributed by atoms with Crippen molar-refractivity contribution in [3.8, 4) is 16.2 Å². The summed E-state index contributed by atoms with van der Waals surface area (Å²) in [5.74, 6) is 1.07. The Labute approximate surface area is 442 Å². The minimum atomic E-state index is -0.131. The Morgan fingerprint density at radius 1 is 0.649 bits per heavy atom. The number of para-hydroxylation sites is 1. The van der Waals surface area contributed by atoms with E-state index in [1.54, 1.807) is 11.3 Å². The van der Waals surface area contributed by atoms with E-state index in [2.05, 4.69) is 76.6 Å². The van der Waals surface area contributed by atoms with E-state index < -0.39 is 0 Å². The molecule has 0 aliphatic heterocycles. The van der Waals surface area contributed by atoms with Crippen LogP contribution < -0.4 is 15.4 Å². The standard InChI is InChI=1S/C56H68N4O9S.2C2H6/c1-6-59(7-2)24-27-68-55-39(4)35-43(36-40(55)5)54(62)53-45-13-9-10-14-49(45)69-50(53)15-11-17-52(61)57-22-25-64-28-30-66-32-33-67-31-29-65-26-23-58-56(63)42-19-21-47-46(37-42)44-20-18-41(51-16-12-34-70-51)38-48(44)60(47)8-3;2*1-2/h9-10,12-14,16,18-21,34-38H,6-8,11,15,17,22-33H2,1-5H3,(H,57,61)(H,58,63);2*1-2H3. The maximum Gasteiger partial charge on any atom is 0.251 e. The number of furan rings is 1. The number of rotatable bonds is 30. The van der Waals surface area contributed by atoms with Crippen molar-refractivity contribution in [2.45, 2.75) is 88.1 Å². The Kier molecular flexibility index (Phi) is 25.3. The molecular weight excluding hydrogens is 953 g/mol. The molecule has 0 aliphatic rings. The molecule has 7 rings (SSSR count). The zero-order chi connectivity index (χ0) is 53.2. The predicted octanol–water partition coefficient (Wildman–Crippen LogP) is 11.8. The van der Waals surface area contributed by atoms with Crippen molar-refractivity contribution in [3.05, 3.63) is 124 Å². The van der Waals surface area contributed by atoms with Crippen LogP contribution in [0.5, 0.6) is 5.75 Å². The quantitative estimate of drug-likeness (QED) is 0.0330. The largest absolute Gasteiger partial charge is 0.492 e. The van der Waals surface area contributed by atoms with Gasteiger partial charge < -0.3 is 48.2 Å². The van der Waals surface area contributed by atoms with Gasteiger partial charge in [-0.1, -0.05) is 77.9 Å². The van der Waals surface area contributed by atoms with Crippen LogP contribution in [0.4, 0.5) is 0 Å². The molecule has 0 aliphatic carbocycles. The summed E-state index contributed by atoms with van der Waals surface area (Å²) < 4.78 is 37.2. The number of amides is 2. The van der Waals surface area contributed by atoms with E-state index in [-0.39, 0.29) is 24.0 Å². The number of nitrogens with one attached hydrogen (secondary N) is 2. The molecule has 0 bridgehead atoms. The van der Waals surface area contributed by atoms with Crippen molar-refractivity contribution in [2.75, 3.05) is 92.2 Å². The van der Waals surface area contributed by atoms with Gasteiger partial charge in [0.2, 0.25) is 5.91 Å². The third-order valence-electron chi connectivity index (χ3n) is 12.4. The first-order valence-corrected chi connectivity index (χ1v) is 27.6. The minimum Gasteiger partial charge on any atom is -0.492 e. The van der Waals surface area contributed by atoms with Crippen LogP contribution in [-0.4, -0.2) is 119 Å². The summed E-state index contributed by atoms with van der Waals surface area (Å²) in [6, 6.07) is 28.0. The second-order valence-corrected chi connectivity index (χ2v) is 18.1. The van der Waals surface area contributed by atoms with Gasteiger partial charge in [-0.05, 0) is 111 Å². The van der Waals surface area contributed by atoms with Crippen LogP contribution in [0.1, 0.15) is 104 Å². The summed E-state index contributed by atoms with van der Waals surface area (Å²) in [4.78, 5) is 43.4. The van der Waals surface area contributed by atoms with E-state index in [0.717, 1.165) is 64.7 Å². The van der Waals surface area contributed by atoms with Crippen molar-refractivity contribution >= 4 is 61.7 Å². The van der Waals surface area contributed by atoms with Crippen molar-refractivity contribution in [3.63, 3.8) is 0 Å². The monoisotopic (exact) mass is 1030 g/mol. The Hall–Kier alpha value is -5.87. The fourth-order valence-electron chi connectivity index (χ4n) is 8.83. The topological polar surface area (TPSA) is 143 Å². The molecule has 0 unspecified atom stereocenters. The zero-order valence-corrected chi connectivity index (χ0v) is 46.2. The van der Waals surface area contributed by atoms with Crippen LogP contribution in [0.2, 0.25) is 0 Å². The molecule has 0 saturated carbocycles. The molecule has 0 spiro atoms. The van der Waals surface area contributed by atoms with Crippen molar-refractivity contribution in [1.29, 1.82) is 0 Å². The second kappa shape index (κ2) is 31.8. The van der Waals surface area contributed by atoms with Crippen molar-refractivity contribution in [2.24, 2.45) is 0 Å². The van der Waals surface area contributed by atoms with Gasteiger partial charge in [0.25, 0.3) is 5.91 Å². The van der Waals surface area contributed by atoms with Gasteiger partial charge in [0.1, 0.15) is 23.7 Å². The van der Waals surface area contributed by atoms with Gasteiger partial charge >= 0.3 is 0 Å². The molecule has 0 saturated heterocycles. The Morgan fingerprint density at radius 3 is 1.93 bits per heavy atom. The summed E-state index contributed by atoms with van der Waals surface area (Å²) in [6.07, 6.45) is 1.25. The summed E-state index contributed by atoms with van der Waals surface area (Å²) in [5, 5.41) is 10.9. The van der Waals surface area contributed by atoms with Gasteiger partial charge in [-0.3, -0.25) is 14.4 Å². The molecule has 74 heavy (non-hydrogen) atoms. The minimum absolute atomic E-state index is 0.0910. The molecule has 2 amide bonds. The summed E-state index contributed by atoms with van der Waals surface area (Å²) in [5.41, 5.74) is 7.71. The number of nitrogens with zero attached hydrogens (tertiary/aromatic N) is 2. The van der Waals surface area contributed by atoms with Gasteiger partial charge in [0.15, 0.2) is 5.78 Å². The highest BCUT2D eigenvalue weighted by Gasteiger charge is 2.24. The highest BCUT2D eigenvalue weighted by atomic mass is 32.1. The molecular formula is C60H80N4O9S. The van der Waals surface area contributed by atoms with Crippen LogP contribution >= 0.6 is 11.3 Å². The van der Waals surface area contributed by atoms with Gasteiger partial charge in [0.05, 0.1) is 58.4 Å². The van der Waals surface area contributed by atoms with Gasteiger partial charge in [0, 0.05) is 82.2 Å². The summed E-state index contributed by atoms with van der Waals surface area (Å²) >= 11 is 1.73. The maximum absolute atomic E-state index is 14.1. The first-order chi connectivity index (χ1) is 36.2. The van der Waals surface area contributed by atoms with Gasteiger partial charge in [-0.2, -0.15) is 0 Å². The molecule has 3 heterocycles. The molecule has 7 aromatic rings. The molecule has 3 aromatic heterocycles. The number of aryl methyl sites for hydroxylation is 4. The van der Waals surface area contributed by atoms with E-state index in [4.69, 9.17) is 28.1 Å². The molecule has 4 aromatic carbocycles. The number of ether oxygens (including phenoxy) is 5. The zero-order valence-electron chi connectivity index (χ0n) is 45.4. The number of hydrogen-bond donors (Lipinski definition) is 2. The lowest BCUT2D eigenvalue weighted by Gasteiger charge is -2.19. The number of likely N-dealkylation sites (N-methyl/N-ethyl adjacent to an activating group) is 1. The molecule has 0 atom stereocenters. The smallest absolute Gasteiger partial charge is 0.251 e. The van der Waals surface area contributed by atoms with Gasteiger partial charge in [-0.25, -0.2) is 0 Å². The highest BCUT2D eigenvalue weighted by Crippen LogP contribution is 2.35. The number of benzene rings is 4. The average Bonchev–Trinajstić information content (AvgIpc) is 4.18. The number of ketones is 1. The lowest BCUT2D eigenvalue weighted by molar-refractivity contribution is -0.121. The van der Waals surface area contributed by atoms with Crippen LogP contribution in [0, 0.1) is 13.8 Å². The molecule has 14 heteroatoms. The van der Waals surface area contributed by atoms with E-state index in [1.165, 1.54) is 16.0 Å². The van der Waals surface area contributed by atoms with Crippen molar-refractivity contribution < 1.29 is 42.5 Å². The summed E-state index contributed by atoms with van der Waals surface area (Å²) in [7, 11) is 0. The first-order valence-electron chi connectivity index (χ1n) is 26.7. The average molecular weight is 1030 g/mol. The molecule has 0 fully saturated rings. The number of carbonyl (C=O) groups is 3. The third-order valence-corrected chi connectivity index (χ3v) is 13.4. The number of fused-ring (bicyclic) bond motifs is 4. The predicted molar refractivity (Wildman–Crippen MR) is 302 cm³/mol. The molecule has 0 radical (unpaired) electrons. The van der Waals surface area contributed by atoms with Crippen LogP contribution in [0.25, 0.3) is 43.2 Å². The Bertz CT molecular complexity index is 2790. The number of carbonyl (C=O) groups excluding carboxylic acids is 3. The second-order valence-electron chi connectivity index (χ2n) is 17.1. The number of hydrogen-bond acceptors (Lipinski definition) is 11. The SMILES string of the molecule is CC.CC.CCN(CC)CCOc1c(C)cc(C(=O)c2c(CCCC(=O)NCCOCCOCCOCCOCCNC(=O)c3ccc4c(c3)c3ccc(-c5cccs5)cc3n4CC)oc3ccccc23)cc1C. The molecule has 13 nitrogen and oxygen atoms in total. The fourth-order valence-corrected chi connectivity index (χ4v) is 9.55. The van der Waals surface area contributed by atoms with E-state index in [0.29, 0.717) is 113 Å². The van der Waals surface area contributed by atoms with E-state index in [9.17, 15) is 14.4 Å². The molecule has 2 N–H and O–H groups in total. The Balaban J connectivity index is 0.00000247. The third kappa shape index (κ3) is 16.3. The Morgan fingerprint density at radius 2 is 1.30 bits per heavy atom. The maximum atomic E-state index is 14.1.